The second-order valence-electron chi connectivity index (χ2n) is 7.01. The normalized spacial score (nSPS) is 22.5. The minimum Gasteiger partial charge on any atom is -0.480 e. The molecule has 0 aromatic heterocycles. The van der Waals surface area contributed by atoms with E-state index in [4.69, 9.17) is 5.11 Å². The average molecular weight is 359 g/mol. The number of rotatable bonds is 5. The van der Waals surface area contributed by atoms with Crippen molar-refractivity contribution in [1.82, 2.24) is 15.5 Å². The number of nitrogens with zero attached hydrogens (tertiary/aromatic N) is 1. The van der Waals surface area contributed by atoms with Gasteiger partial charge in [-0.3, -0.25) is 14.5 Å². The van der Waals surface area contributed by atoms with Crippen molar-refractivity contribution >= 4 is 23.8 Å². The van der Waals surface area contributed by atoms with E-state index in [-0.39, 0.29) is 5.92 Å². The van der Waals surface area contributed by atoms with Crippen LogP contribution in [0.15, 0.2) is 24.3 Å². The first-order valence-corrected chi connectivity index (χ1v) is 8.51. The summed E-state index contributed by atoms with van der Waals surface area (Å²) < 4.78 is 0. The van der Waals surface area contributed by atoms with Crippen LogP contribution in [0.1, 0.15) is 31.4 Å². The summed E-state index contributed by atoms with van der Waals surface area (Å²) in [5, 5.41) is 14.3. The molecular formula is C18H21N3O5. The molecule has 138 valence electrons. The lowest BCUT2D eigenvalue weighted by Gasteiger charge is -2.23. The van der Waals surface area contributed by atoms with E-state index >= 15 is 0 Å². The van der Waals surface area contributed by atoms with Crippen LogP contribution in [-0.2, 0) is 26.3 Å². The van der Waals surface area contributed by atoms with E-state index in [0.717, 1.165) is 16.0 Å². The van der Waals surface area contributed by atoms with E-state index in [2.05, 4.69) is 10.6 Å². The van der Waals surface area contributed by atoms with Crippen molar-refractivity contribution in [2.24, 2.45) is 5.92 Å². The van der Waals surface area contributed by atoms with Gasteiger partial charge in [-0.05, 0) is 29.9 Å². The summed E-state index contributed by atoms with van der Waals surface area (Å²) in [6, 6.07) is 5.69. The van der Waals surface area contributed by atoms with Gasteiger partial charge in [0.1, 0.15) is 18.1 Å². The van der Waals surface area contributed by atoms with Crippen molar-refractivity contribution < 1.29 is 24.3 Å². The summed E-state index contributed by atoms with van der Waals surface area (Å²) in [7, 11) is 0. The molecule has 2 aliphatic rings. The van der Waals surface area contributed by atoms with Gasteiger partial charge in [-0.15, -0.1) is 0 Å². The molecule has 0 radical (unpaired) electrons. The molecule has 1 aromatic rings. The molecule has 3 N–H and O–H groups in total. The molecule has 3 rings (SSSR count). The number of hydrogen-bond donors (Lipinski definition) is 3. The molecule has 26 heavy (non-hydrogen) atoms. The second kappa shape index (κ2) is 6.44. The number of aryl methyl sites for hydroxylation is 1. The van der Waals surface area contributed by atoms with E-state index in [1.165, 1.54) is 0 Å². The topological polar surface area (TPSA) is 116 Å². The molecule has 1 fully saturated rings. The fourth-order valence-corrected chi connectivity index (χ4v) is 3.61. The van der Waals surface area contributed by atoms with Gasteiger partial charge < -0.3 is 15.7 Å². The van der Waals surface area contributed by atoms with Crippen LogP contribution < -0.4 is 10.6 Å². The molecule has 0 bridgehead atoms. The van der Waals surface area contributed by atoms with Gasteiger partial charge in [0.25, 0.3) is 5.91 Å². The van der Waals surface area contributed by atoms with E-state index < -0.39 is 41.9 Å². The smallest absolute Gasteiger partial charge is 0.326 e. The number of fused-ring (bicyclic) bond motifs is 2. The number of urea groups is 1. The van der Waals surface area contributed by atoms with Crippen LogP contribution in [0.3, 0.4) is 0 Å². The van der Waals surface area contributed by atoms with Crippen molar-refractivity contribution in [2.75, 3.05) is 6.54 Å². The van der Waals surface area contributed by atoms with Crippen LogP contribution in [0.2, 0.25) is 0 Å². The van der Waals surface area contributed by atoms with Crippen LogP contribution >= 0.6 is 0 Å². The van der Waals surface area contributed by atoms with E-state index in [1.54, 1.807) is 19.9 Å². The molecule has 1 saturated heterocycles. The number of carbonyl (C=O) groups is 4. The van der Waals surface area contributed by atoms with Crippen LogP contribution in [0.5, 0.6) is 0 Å². The van der Waals surface area contributed by atoms with Crippen molar-refractivity contribution in [1.29, 1.82) is 0 Å². The molecule has 1 aromatic carbocycles. The van der Waals surface area contributed by atoms with Crippen LogP contribution in [0, 0.1) is 5.92 Å². The van der Waals surface area contributed by atoms with Crippen LogP contribution in [0.4, 0.5) is 4.79 Å². The highest BCUT2D eigenvalue weighted by Crippen LogP contribution is 2.41. The van der Waals surface area contributed by atoms with Crippen molar-refractivity contribution in [3.05, 3.63) is 35.4 Å². The molecule has 2 atom stereocenters. The van der Waals surface area contributed by atoms with Gasteiger partial charge in [0.15, 0.2) is 0 Å². The highest BCUT2D eigenvalue weighted by Gasteiger charge is 2.55. The Balaban J connectivity index is 1.77. The summed E-state index contributed by atoms with van der Waals surface area (Å²) >= 11 is 0. The van der Waals surface area contributed by atoms with Crippen LogP contribution in [-0.4, -0.2) is 46.4 Å². The average Bonchev–Trinajstić information content (AvgIpc) is 3.06. The Morgan fingerprint density at radius 2 is 2.00 bits per heavy atom. The zero-order valence-electron chi connectivity index (χ0n) is 14.6. The molecular weight excluding hydrogens is 338 g/mol. The first kappa shape index (κ1) is 17.9. The number of carboxylic acid groups (broad SMARTS) is 1. The largest absolute Gasteiger partial charge is 0.480 e. The van der Waals surface area contributed by atoms with Gasteiger partial charge in [0.05, 0.1) is 0 Å². The van der Waals surface area contributed by atoms with Gasteiger partial charge in [-0.25, -0.2) is 9.59 Å². The fourth-order valence-electron chi connectivity index (χ4n) is 3.61. The first-order valence-electron chi connectivity index (χ1n) is 8.51. The van der Waals surface area contributed by atoms with E-state index in [1.807, 2.05) is 18.2 Å². The Bertz CT molecular complexity index is 791. The van der Waals surface area contributed by atoms with Gasteiger partial charge in [0, 0.05) is 0 Å². The monoisotopic (exact) mass is 359 g/mol. The number of carboxylic acids is 1. The SMILES string of the molecule is CC(C)[C@@H](NC(=O)CN1C(=O)NC2(CCc3ccccc32)C1=O)C(=O)O. The summed E-state index contributed by atoms with van der Waals surface area (Å²) in [5.41, 5.74) is 0.628. The van der Waals surface area contributed by atoms with Gasteiger partial charge >= 0.3 is 12.0 Å². The van der Waals surface area contributed by atoms with Gasteiger partial charge in [-0.2, -0.15) is 0 Å². The maximum absolute atomic E-state index is 12.9. The molecule has 1 heterocycles. The highest BCUT2D eigenvalue weighted by molar-refractivity contribution is 6.10. The predicted octanol–water partition coefficient (Wildman–Crippen LogP) is 0.605. The Morgan fingerprint density at radius 3 is 2.65 bits per heavy atom. The second-order valence-corrected chi connectivity index (χ2v) is 7.01. The lowest BCUT2D eigenvalue weighted by atomic mass is 9.92. The Labute approximate surface area is 150 Å². The van der Waals surface area contributed by atoms with E-state index in [0.29, 0.717) is 12.8 Å². The molecule has 1 aliphatic carbocycles. The van der Waals surface area contributed by atoms with Crippen molar-refractivity contribution in [2.45, 2.75) is 38.3 Å². The van der Waals surface area contributed by atoms with Gasteiger partial charge in [0.2, 0.25) is 5.91 Å². The predicted molar refractivity (Wildman–Crippen MR) is 91.1 cm³/mol. The summed E-state index contributed by atoms with van der Waals surface area (Å²) in [6.07, 6.45) is 1.11. The number of benzene rings is 1. The summed E-state index contributed by atoms with van der Waals surface area (Å²) in [4.78, 5) is 49.6. The Morgan fingerprint density at radius 1 is 1.31 bits per heavy atom. The maximum Gasteiger partial charge on any atom is 0.326 e. The van der Waals surface area contributed by atoms with E-state index in [9.17, 15) is 19.2 Å². The zero-order valence-corrected chi connectivity index (χ0v) is 14.6. The molecule has 8 nitrogen and oxygen atoms in total. The third kappa shape index (κ3) is 2.81. The standard InChI is InChI=1S/C18H21N3O5/c1-10(2)14(15(23)24)19-13(22)9-21-16(25)18(20-17(21)26)8-7-11-5-3-4-6-12(11)18/h3-6,10,14H,7-9H2,1-2H3,(H,19,22)(H,20,26)(H,23,24)/t14-,18?/m1/s1. The number of carbonyl (C=O) groups excluding carboxylic acids is 3. The Kier molecular flexibility index (Phi) is 4.43. The first-order chi connectivity index (χ1) is 12.3. The van der Waals surface area contributed by atoms with Crippen LogP contribution in [0.25, 0.3) is 0 Å². The van der Waals surface area contributed by atoms with Crippen molar-refractivity contribution in [3.8, 4) is 0 Å². The Hall–Kier alpha value is -2.90. The zero-order chi connectivity index (χ0) is 19.1. The lowest BCUT2D eigenvalue weighted by molar-refractivity contribution is -0.143. The number of hydrogen-bond acceptors (Lipinski definition) is 4. The lowest BCUT2D eigenvalue weighted by Crippen LogP contribution is -2.49. The minimum absolute atomic E-state index is 0.326. The third-order valence-corrected chi connectivity index (χ3v) is 4.97. The number of aliphatic carboxylic acids is 1. The quantitative estimate of drug-likeness (QED) is 0.666. The molecule has 8 heteroatoms. The molecule has 1 unspecified atom stereocenters. The molecule has 0 saturated carbocycles. The molecule has 1 spiro atoms. The number of imide groups is 1. The number of amides is 4. The maximum atomic E-state index is 12.9. The molecule has 1 aliphatic heterocycles. The minimum atomic E-state index is -1.16. The number of nitrogens with one attached hydrogen (secondary N) is 2. The fraction of sp³-hybridized carbons (Fsp3) is 0.444. The van der Waals surface area contributed by atoms with Gasteiger partial charge in [-0.1, -0.05) is 38.1 Å². The highest BCUT2D eigenvalue weighted by atomic mass is 16.4. The van der Waals surface area contributed by atoms with Crippen molar-refractivity contribution in [3.63, 3.8) is 0 Å². The third-order valence-electron chi connectivity index (χ3n) is 4.97. The summed E-state index contributed by atoms with van der Waals surface area (Å²) in [6.45, 7) is 2.82. The molecule has 4 amide bonds. The summed E-state index contributed by atoms with van der Waals surface area (Å²) in [5.74, 6) is -2.64.